The fourth-order valence-corrected chi connectivity index (χ4v) is 2.99. The lowest BCUT2D eigenvalue weighted by atomic mass is 10.2. The molecule has 0 radical (unpaired) electrons. The van der Waals surface area contributed by atoms with Crippen LogP contribution in [0.4, 0.5) is 15.9 Å². The van der Waals surface area contributed by atoms with E-state index in [1.165, 1.54) is 6.07 Å². The van der Waals surface area contributed by atoms with Gasteiger partial charge >= 0.3 is 0 Å². The predicted molar refractivity (Wildman–Crippen MR) is 110 cm³/mol. The number of aromatic nitrogens is 2. The Morgan fingerprint density at radius 1 is 1.22 bits per heavy atom. The summed E-state index contributed by atoms with van der Waals surface area (Å²) in [6.45, 7) is 2.11. The second-order valence-electron chi connectivity index (χ2n) is 5.84. The average molecular weight is 405 g/mol. The van der Waals surface area contributed by atoms with Gasteiger partial charge in [-0.2, -0.15) is 5.10 Å². The fourth-order valence-electron chi connectivity index (χ4n) is 2.54. The predicted octanol–water partition coefficient (Wildman–Crippen LogP) is 4.85. The maximum atomic E-state index is 14.0. The van der Waals surface area contributed by atoms with E-state index in [0.29, 0.717) is 21.5 Å². The number of benzene rings is 2. The maximum Gasteiger partial charge on any atom is 0.176 e. The van der Waals surface area contributed by atoms with Gasteiger partial charge in [0.2, 0.25) is 0 Å². The summed E-state index contributed by atoms with van der Waals surface area (Å²) < 4.78 is 20.9. The molecular formula is C19H18ClFN4OS. The molecule has 0 saturated carbocycles. The lowest BCUT2D eigenvalue weighted by Gasteiger charge is -2.10. The molecule has 2 aromatic carbocycles. The molecule has 0 amide bonds. The summed E-state index contributed by atoms with van der Waals surface area (Å²) in [7, 11) is 1.60. The van der Waals surface area contributed by atoms with Crippen molar-refractivity contribution in [3.63, 3.8) is 0 Å². The smallest absolute Gasteiger partial charge is 0.176 e. The molecule has 0 aliphatic heterocycles. The highest BCUT2D eigenvalue weighted by atomic mass is 35.5. The van der Waals surface area contributed by atoms with Gasteiger partial charge in [-0.05, 0) is 43.4 Å². The van der Waals surface area contributed by atoms with Crippen LogP contribution in [0.15, 0.2) is 48.5 Å². The Balaban J connectivity index is 1.69. The van der Waals surface area contributed by atoms with Gasteiger partial charge < -0.3 is 15.4 Å². The molecule has 1 aromatic heterocycles. The molecule has 0 aliphatic carbocycles. The third kappa shape index (κ3) is 4.75. The van der Waals surface area contributed by atoms with Crippen molar-refractivity contribution in [3.8, 4) is 5.75 Å². The molecule has 0 bridgehead atoms. The van der Waals surface area contributed by atoms with Crippen LogP contribution in [0.2, 0.25) is 5.02 Å². The highest BCUT2D eigenvalue weighted by molar-refractivity contribution is 7.80. The number of methoxy groups -OCH3 is 1. The van der Waals surface area contributed by atoms with E-state index in [0.717, 1.165) is 17.1 Å². The van der Waals surface area contributed by atoms with Crippen LogP contribution in [0, 0.1) is 12.7 Å². The minimum atomic E-state index is -0.359. The lowest BCUT2D eigenvalue weighted by Crippen LogP contribution is -2.19. The average Bonchev–Trinajstić information content (AvgIpc) is 2.97. The summed E-state index contributed by atoms with van der Waals surface area (Å²) >= 11 is 11.4. The molecule has 0 fully saturated rings. The number of nitrogens with one attached hydrogen (secondary N) is 2. The van der Waals surface area contributed by atoms with Crippen LogP contribution in [-0.2, 0) is 6.54 Å². The van der Waals surface area contributed by atoms with E-state index in [1.807, 2.05) is 37.3 Å². The van der Waals surface area contributed by atoms with Crippen molar-refractivity contribution in [2.75, 3.05) is 17.7 Å². The highest BCUT2D eigenvalue weighted by Crippen LogP contribution is 2.21. The number of rotatable bonds is 5. The molecule has 8 heteroatoms. The van der Waals surface area contributed by atoms with E-state index >= 15 is 0 Å². The number of nitrogens with zero attached hydrogens (tertiary/aromatic N) is 2. The molecule has 5 nitrogen and oxygen atoms in total. The zero-order chi connectivity index (χ0) is 19.4. The number of anilines is 2. The normalized spacial score (nSPS) is 10.5. The zero-order valence-corrected chi connectivity index (χ0v) is 16.4. The molecule has 27 heavy (non-hydrogen) atoms. The van der Waals surface area contributed by atoms with Crippen molar-refractivity contribution in [2.24, 2.45) is 0 Å². The van der Waals surface area contributed by atoms with E-state index < -0.39 is 0 Å². The maximum absolute atomic E-state index is 14.0. The zero-order valence-electron chi connectivity index (χ0n) is 14.8. The summed E-state index contributed by atoms with van der Waals surface area (Å²) in [5.41, 5.74) is 2.04. The van der Waals surface area contributed by atoms with Crippen LogP contribution in [0.3, 0.4) is 0 Å². The number of halogens is 2. The quantitative estimate of drug-likeness (QED) is 0.595. The first kappa shape index (κ1) is 19.1. The molecule has 0 spiro atoms. The van der Waals surface area contributed by atoms with E-state index in [4.69, 9.17) is 28.6 Å². The number of hydrogen-bond acceptors (Lipinski definition) is 3. The Labute approximate surface area is 167 Å². The van der Waals surface area contributed by atoms with Crippen LogP contribution in [-0.4, -0.2) is 22.0 Å². The van der Waals surface area contributed by atoms with Gasteiger partial charge in [0.05, 0.1) is 13.7 Å². The first-order valence-electron chi connectivity index (χ1n) is 8.15. The Kier molecular flexibility index (Phi) is 5.93. The Morgan fingerprint density at radius 3 is 2.74 bits per heavy atom. The minimum absolute atomic E-state index is 0.231. The molecule has 3 aromatic rings. The highest BCUT2D eigenvalue weighted by Gasteiger charge is 2.12. The topological polar surface area (TPSA) is 51.1 Å². The van der Waals surface area contributed by atoms with Crippen LogP contribution >= 0.6 is 23.8 Å². The lowest BCUT2D eigenvalue weighted by molar-refractivity contribution is 0.415. The number of ether oxygens (including phenoxy) is 1. The van der Waals surface area contributed by atoms with E-state index in [9.17, 15) is 4.39 Å². The molecular weight excluding hydrogens is 387 g/mol. The molecule has 0 aliphatic rings. The summed E-state index contributed by atoms with van der Waals surface area (Å²) in [5, 5.41) is 11.3. The van der Waals surface area contributed by atoms with Gasteiger partial charge in [-0.15, -0.1) is 0 Å². The van der Waals surface area contributed by atoms with Crippen LogP contribution < -0.4 is 15.4 Å². The minimum Gasteiger partial charge on any atom is -0.497 e. The fraction of sp³-hybridized carbons (Fsp3) is 0.158. The van der Waals surface area contributed by atoms with E-state index in [1.54, 1.807) is 23.9 Å². The van der Waals surface area contributed by atoms with Crippen molar-refractivity contribution >= 4 is 40.4 Å². The van der Waals surface area contributed by atoms with Crippen molar-refractivity contribution in [1.82, 2.24) is 9.78 Å². The van der Waals surface area contributed by atoms with E-state index in [-0.39, 0.29) is 12.4 Å². The standard InChI is InChI=1S/C19H18ClFN4OS/c1-12-9-18(23-19(27)22-13-5-3-6-14(10-13)26-2)24-25(12)11-15-16(20)7-4-8-17(15)21/h3-10H,11H2,1-2H3,(H2,22,23,24,27). The number of aryl methyl sites for hydroxylation is 1. The third-order valence-corrected chi connectivity index (χ3v) is 4.48. The van der Waals surface area contributed by atoms with Crippen molar-refractivity contribution in [3.05, 3.63) is 70.6 Å². The van der Waals surface area contributed by atoms with Crippen LogP contribution in [0.25, 0.3) is 0 Å². The van der Waals surface area contributed by atoms with Crippen molar-refractivity contribution < 1.29 is 9.13 Å². The van der Waals surface area contributed by atoms with Gasteiger partial charge in [0.25, 0.3) is 0 Å². The van der Waals surface area contributed by atoms with E-state index in [2.05, 4.69) is 15.7 Å². The Morgan fingerprint density at radius 2 is 2.00 bits per heavy atom. The Hall–Kier alpha value is -2.64. The third-order valence-electron chi connectivity index (χ3n) is 3.92. The molecule has 1 heterocycles. The van der Waals surface area contributed by atoms with Gasteiger partial charge in [0.1, 0.15) is 11.6 Å². The van der Waals surface area contributed by atoms with Crippen molar-refractivity contribution in [2.45, 2.75) is 13.5 Å². The first-order valence-corrected chi connectivity index (χ1v) is 8.94. The summed E-state index contributed by atoms with van der Waals surface area (Å²) in [6.07, 6.45) is 0. The van der Waals surface area contributed by atoms with Gasteiger partial charge in [-0.25, -0.2) is 4.39 Å². The van der Waals surface area contributed by atoms with Gasteiger partial charge in [0.15, 0.2) is 10.9 Å². The molecule has 0 unspecified atom stereocenters. The Bertz CT molecular complexity index is 956. The number of hydrogen-bond donors (Lipinski definition) is 2. The molecule has 2 N–H and O–H groups in total. The molecule has 0 saturated heterocycles. The first-order chi connectivity index (χ1) is 13.0. The second kappa shape index (κ2) is 8.37. The van der Waals surface area contributed by atoms with Crippen LogP contribution in [0.5, 0.6) is 5.75 Å². The van der Waals surface area contributed by atoms with Gasteiger partial charge in [0, 0.05) is 34.1 Å². The van der Waals surface area contributed by atoms with Gasteiger partial charge in [-0.1, -0.05) is 23.7 Å². The molecule has 140 valence electrons. The second-order valence-corrected chi connectivity index (χ2v) is 6.66. The molecule has 3 rings (SSSR count). The summed E-state index contributed by atoms with van der Waals surface area (Å²) in [5.74, 6) is 0.923. The SMILES string of the molecule is COc1cccc(NC(=S)Nc2cc(C)n(Cc3c(F)cccc3Cl)n2)c1. The molecule has 0 atom stereocenters. The monoisotopic (exact) mass is 404 g/mol. The summed E-state index contributed by atoms with van der Waals surface area (Å²) in [4.78, 5) is 0. The largest absolute Gasteiger partial charge is 0.497 e. The van der Waals surface area contributed by atoms with Gasteiger partial charge in [-0.3, -0.25) is 4.68 Å². The van der Waals surface area contributed by atoms with Crippen LogP contribution in [0.1, 0.15) is 11.3 Å². The van der Waals surface area contributed by atoms with Crippen molar-refractivity contribution in [1.29, 1.82) is 0 Å². The summed E-state index contributed by atoms with van der Waals surface area (Å²) in [6, 6.07) is 13.9. The number of thiocarbonyl (C=S) groups is 1.